The van der Waals surface area contributed by atoms with Crippen molar-refractivity contribution in [3.63, 3.8) is 0 Å². The van der Waals surface area contributed by atoms with E-state index in [9.17, 15) is 9.59 Å². The van der Waals surface area contributed by atoms with Crippen LogP contribution in [0.1, 0.15) is 27.6 Å². The van der Waals surface area contributed by atoms with Crippen LogP contribution in [-0.4, -0.2) is 43.0 Å². The summed E-state index contributed by atoms with van der Waals surface area (Å²) < 4.78 is 8.16. The van der Waals surface area contributed by atoms with Crippen LogP contribution >= 0.6 is 0 Å². The lowest BCUT2D eigenvalue weighted by Crippen LogP contribution is -2.18. The minimum atomic E-state index is -0.545. The number of para-hydroxylation sites is 1. The molecule has 4 aromatic rings. The van der Waals surface area contributed by atoms with Gasteiger partial charge < -0.3 is 10.1 Å². The third-order valence-electron chi connectivity index (χ3n) is 4.63. The van der Waals surface area contributed by atoms with Gasteiger partial charge >= 0.3 is 5.97 Å². The Hall–Kier alpha value is -4.01. The number of aromatic nitrogens is 5. The molecule has 0 saturated heterocycles. The van der Waals surface area contributed by atoms with E-state index in [-0.39, 0.29) is 23.9 Å². The van der Waals surface area contributed by atoms with E-state index < -0.39 is 5.97 Å². The molecule has 3 aromatic heterocycles. The molecule has 1 aromatic carbocycles. The van der Waals surface area contributed by atoms with Crippen LogP contribution in [0, 0.1) is 0 Å². The molecule has 1 amide bonds. The highest BCUT2D eigenvalue weighted by Gasteiger charge is 2.21. The lowest BCUT2D eigenvalue weighted by atomic mass is 10.0. The Morgan fingerprint density at radius 3 is 2.63 bits per heavy atom. The van der Waals surface area contributed by atoms with Gasteiger partial charge in [0, 0.05) is 31.2 Å². The molecule has 0 saturated carbocycles. The average Bonchev–Trinajstić information content (AvgIpc) is 3.33. The van der Waals surface area contributed by atoms with Crippen molar-refractivity contribution in [2.45, 2.75) is 6.92 Å². The monoisotopic (exact) mass is 404 g/mol. The molecule has 0 unspecified atom stereocenters. The van der Waals surface area contributed by atoms with Crippen LogP contribution < -0.4 is 5.32 Å². The van der Waals surface area contributed by atoms with Crippen molar-refractivity contribution in [2.75, 3.05) is 11.9 Å². The molecule has 0 atom stereocenters. The van der Waals surface area contributed by atoms with E-state index in [0.29, 0.717) is 22.2 Å². The fourth-order valence-corrected chi connectivity index (χ4v) is 3.18. The zero-order valence-corrected chi connectivity index (χ0v) is 16.8. The number of benzene rings is 1. The van der Waals surface area contributed by atoms with Crippen LogP contribution in [0.15, 0.2) is 48.9 Å². The van der Waals surface area contributed by atoms with Gasteiger partial charge in [0.2, 0.25) is 0 Å². The summed E-state index contributed by atoms with van der Waals surface area (Å²) in [6, 6.07) is 9.11. The number of esters is 1. The molecule has 9 nitrogen and oxygen atoms in total. The number of fused-ring (bicyclic) bond motifs is 1. The molecule has 0 aliphatic carbocycles. The summed E-state index contributed by atoms with van der Waals surface area (Å²) in [5.74, 6) is -0.660. The lowest BCUT2D eigenvalue weighted by Gasteiger charge is -2.11. The molecule has 1 N–H and O–H groups in total. The molecule has 152 valence electrons. The fourth-order valence-electron chi connectivity index (χ4n) is 3.18. The number of carbonyl (C=O) groups excluding carboxylic acids is 2. The van der Waals surface area contributed by atoms with Crippen molar-refractivity contribution in [3.8, 4) is 11.3 Å². The van der Waals surface area contributed by atoms with Gasteiger partial charge in [-0.15, -0.1) is 0 Å². The first-order valence-corrected chi connectivity index (χ1v) is 9.37. The maximum absolute atomic E-state index is 13.2. The van der Waals surface area contributed by atoms with E-state index in [0.717, 1.165) is 5.56 Å². The minimum absolute atomic E-state index is 0.193. The molecule has 3 heterocycles. The summed E-state index contributed by atoms with van der Waals surface area (Å²) in [5.41, 5.74) is 2.72. The van der Waals surface area contributed by atoms with Gasteiger partial charge in [-0.2, -0.15) is 10.2 Å². The van der Waals surface area contributed by atoms with Gasteiger partial charge in [-0.25, -0.2) is 9.78 Å². The second-order valence-electron chi connectivity index (χ2n) is 6.68. The highest BCUT2D eigenvalue weighted by atomic mass is 16.5. The Labute approximate surface area is 172 Å². The summed E-state index contributed by atoms with van der Waals surface area (Å²) in [6.45, 7) is 1.94. The normalized spacial score (nSPS) is 10.9. The fraction of sp³-hybridized carbons (Fsp3) is 0.190. The Kier molecular flexibility index (Phi) is 5.01. The number of hydrogen-bond acceptors (Lipinski definition) is 6. The maximum atomic E-state index is 13.2. The average molecular weight is 404 g/mol. The standard InChI is InChI=1S/C21H20N6O3/c1-4-30-21(29)16-11-23-27(3)19(16)25-20(28)15-9-18(13-10-22-26(2)12-13)24-17-8-6-5-7-14(15)17/h5-12H,4H2,1-3H3,(H,25,28). The number of rotatable bonds is 5. The van der Waals surface area contributed by atoms with Gasteiger partial charge in [0.05, 0.1) is 35.8 Å². The lowest BCUT2D eigenvalue weighted by molar-refractivity contribution is 0.0527. The Morgan fingerprint density at radius 2 is 1.90 bits per heavy atom. The van der Waals surface area contributed by atoms with Gasteiger partial charge in [0.25, 0.3) is 5.91 Å². The first kappa shape index (κ1) is 19.3. The van der Waals surface area contributed by atoms with Crippen molar-refractivity contribution in [1.29, 1.82) is 0 Å². The molecule has 0 spiro atoms. The summed E-state index contributed by atoms with van der Waals surface area (Å²) >= 11 is 0. The van der Waals surface area contributed by atoms with Crippen LogP contribution in [-0.2, 0) is 18.8 Å². The first-order valence-electron chi connectivity index (χ1n) is 9.37. The van der Waals surface area contributed by atoms with Crippen LogP contribution in [0.3, 0.4) is 0 Å². The van der Waals surface area contributed by atoms with Crippen molar-refractivity contribution in [3.05, 3.63) is 60.0 Å². The molecular formula is C21H20N6O3. The van der Waals surface area contributed by atoms with E-state index >= 15 is 0 Å². The minimum Gasteiger partial charge on any atom is -0.462 e. The largest absolute Gasteiger partial charge is 0.462 e. The zero-order valence-electron chi connectivity index (χ0n) is 16.8. The van der Waals surface area contributed by atoms with E-state index in [1.807, 2.05) is 37.5 Å². The molecule has 4 rings (SSSR count). The number of nitrogens with zero attached hydrogens (tertiary/aromatic N) is 5. The molecular weight excluding hydrogens is 384 g/mol. The second-order valence-corrected chi connectivity index (χ2v) is 6.68. The summed E-state index contributed by atoms with van der Waals surface area (Å²) in [7, 11) is 3.46. The molecule has 0 radical (unpaired) electrons. The van der Waals surface area contributed by atoms with E-state index in [1.54, 1.807) is 30.9 Å². The van der Waals surface area contributed by atoms with Crippen LogP contribution in [0.25, 0.3) is 22.2 Å². The Balaban J connectivity index is 1.77. The molecule has 0 aliphatic rings. The number of anilines is 1. The van der Waals surface area contributed by atoms with Gasteiger partial charge in [0.15, 0.2) is 0 Å². The van der Waals surface area contributed by atoms with Gasteiger partial charge in [-0.1, -0.05) is 18.2 Å². The third-order valence-corrected chi connectivity index (χ3v) is 4.63. The molecule has 0 fully saturated rings. The predicted molar refractivity (Wildman–Crippen MR) is 111 cm³/mol. The SMILES string of the molecule is CCOC(=O)c1cnn(C)c1NC(=O)c1cc(-c2cnn(C)c2)nc2ccccc12. The quantitative estimate of drug-likeness (QED) is 0.513. The Morgan fingerprint density at radius 1 is 1.10 bits per heavy atom. The first-order chi connectivity index (χ1) is 14.5. The van der Waals surface area contributed by atoms with Gasteiger partial charge in [0.1, 0.15) is 11.4 Å². The summed E-state index contributed by atoms with van der Waals surface area (Å²) in [6.07, 6.45) is 4.90. The highest BCUT2D eigenvalue weighted by Crippen LogP contribution is 2.26. The van der Waals surface area contributed by atoms with Gasteiger partial charge in [-0.3, -0.25) is 14.2 Å². The van der Waals surface area contributed by atoms with Crippen molar-refractivity contribution < 1.29 is 14.3 Å². The van der Waals surface area contributed by atoms with Crippen molar-refractivity contribution in [2.24, 2.45) is 14.1 Å². The van der Waals surface area contributed by atoms with Crippen LogP contribution in [0.2, 0.25) is 0 Å². The zero-order chi connectivity index (χ0) is 21.3. The highest BCUT2D eigenvalue weighted by molar-refractivity contribution is 6.14. The van der Waals surface area contributed by atoms with E-state index in [4.69, 9.17) is 4.74 Å². The molecule has 0 bridgehead atoms. The van der Waals surface area contributed by atoms with E-state index in [1.165, 1.54) is 10.9 Å². The van der Waals surface area contributed by atoms with E-state index in [2.05, 4.69) is 20.5 Å². The summed E-state index contributed by atoms with van der Waals surface area (Å²) in [4.78, 5) is 30.1. The molecule has 9 heteroatoms. The summed E-state index contributed by atoms with van der Waals surface area (Å²) in [5, 5.41) is 11.8. The van der Waals surface area contributed by atoms with Crippen LogP contribution in [0.4, 0.5) is 5.82 Å². The number of carbonyl (C=O) groups is 2. The number of aryl methyl sites for hydroxylation is 2. The van der Waals surface area contributed by atoms with Crippen LogP contribution in [0.5, 0.6) is 0 Å². The number of pyridine rings is 1. The number of hydrogen-bond donors (Lipinski definition) is 1. The maximum Gasteiger partial charge on any atom is 0.343 e. The Bertz CT molecular complexity index is 1260. The predicted octanol–water partition coefficient (Wildman–Crippen LogP) is 2.80. The number of amides is 1. The van der Waals surface area contributed by atoms with Crippen molar-refractivity contribution in [1.82, 2.24) is 24.5 Å². The molecule has 0 aliphatic heterocycles. The van der Waals surface area contributed by atoms with Gasteiger partial charge in [-0.05, 0) is 19.1 Å². The number of nitrogens with one attached hydrogen (secondary N) is 1. The van der Waals surface area contributed by atoms with Crippen molar-refractivity contribution >= 4 is 28.6 Å². The smallest absolute Gasteiger partial charge is 0.343 e. The number of ether oxygens (including phenoxy) is 1. The third kappa shape index (κ3) is 3.52. The molecule has 30 heavy (non-hydrogen) atoms. The topological polar surface area (TPSA) is 104 Å². The second kappa shape index (κ2) is 7.78.